The summed E-state index contributed by atoms with van der Waals surface area (Å²) in [5.74, 6) is -1.23. The molecule has 0 saturated carbocycles. The van der Waals surface area contributed by atoms with Crippen LogP contribution in [0.2, 0.25) is 0 Å². The lowest BCUT2D eigenvalue weighted by Crippen LogP contribution is -2.41. The largest absolute Gasteiger partial charge is 0.480 e. The van der Waals surface area contributed by atoms with Crippen LogP contribution in [0, 0.1) is 0 Å². The van der Waals surface area contributed by atoms with Gasteiger partial charge in [-0.05, 0) is 20.8 Å². The van der Waals surface area contributed by atoms with Crippen molar-refractivity contribution >= 4 is 18.2 Å². The van der Waals surface area contributed by atoms with E-state index in [0.717, 1.165) is 4.90 Å². The fourth-order valence-electron chi connectivity index (χ4n) is 1.86. The number of amides is 2. The zero-order chi connectivity index (χ0) is 14.8. The Hall–Kier alpha value is -1.99. The quantitative estimate of drug-likeness (QED) is 0.683. The Morgan fingerprint density at radius 2 is 1.84 bits per heavy atom. The molecule has 19 heavy (non-hydrogen) atoms. The van der Waals surface area contributed by atoms with Gasteiger partial charge < -0.3 is 20.3 Å². The highest BCUT2D eigenvalue weighted by molar-refractivity contribution is 5.80. The third-order valence-electron chi connectivity index (χ3n) is 2.55. The molecule has 0 aromatic carbocycles. The summed E-state index contributed by atoms with van der Waals surface area (Å²) in [4.78, 5) is 34.1. The molecule has 1 saturated heterocycles. The number of rotatable bonds is 2. The number of likely N-dealkylation sites (tertiary alicyclic amines) is 1. The van der Waals surface area contributed by atoms with Crippen molar-refractivity contribution in [2.24, 2.45) is 0 Å². The zero-order valence-electron chi connectivity index (χ0n) is 11.0. The summed E-state index contributed by atoms with van der Waals surface area (Å²) >= 11 is 0. The van der Waals surface area contributed by atoms with E-state index in [0.29, 0.717) is 0 Å². The van der Waals surface area contributed by atoms with Gasteiger partial charge in [0.15, 0.2) is 0 Å². The number of nitrogens with one attached hydrogen (secondary N) is 1. The molecule has 0 aromatic heterocycles. The second-order valence-corrected chi connectivity index (χ2v) is 5.37. The van der Waals surface area contributed by atoms with E-state index in [-0.39, 0.29) is 13.0 Å². The van der Waals surface area contributed by atoms with Gasteiger partial charge in [-0.3, -0.25) is 4.90 Å². The molecule has 1 rings (SSSR count). The van der Waals surface area contributed by atoms with Crippen LogP contribution in [0.1, 0.15) is 27.2 Å². The van der Waals surface area contributed by atoms with Gasteiger partial charge in [-0.1, -0.05) is 0 Å². The van der Waals surface area contributed by atoms with E-state index in [9.17, 15) is 14.4 Å². The molecule has 1 fully saturated rings. The van der Waals surface area contributed by atoms with Crippen LogP contribution in [-0.2, 0) is 9.53 Å². The normalized spacial score (nSPS) is 23.0. The summed E-state index contributed by atoms with van der Waals surface area (Å²) < 4.78 is 5.03. The predicted molar refractivity (Wildman–Crippen MR) is 63.9 cm³/mol. The van der Waals surface area contributed by atoms with Crippen LogP contribution < -0.4 is 5.32 Å². The van der Waals surface area contributed by atoms with Crippen LogP contribution in [0.15, 0.2) is 0 Å². The minimum Gasteiger partial charge on any atom is -0.480 e. The van der Waals surface area contributed by atoms with Crippen LogP contribution in [0.4, 0.5) is 9.59 Å². The van der Waals surface area contributed by atoms with Crippen LogP contribution in [0.25, 0.3) is 0 Å². The summed E-state index contributed by atoms with van der Waals surface area (Å²) in [6.45, 7) is 5.03. The van der Waals surface area contributed by atoms with E-state index in [1.165, 1.54) is 0 Å². The molecule has 3 N–H and O–H groups in total. The van der Waals surface area contributed by atoms with Crippen molar-refractivity contribution in [1.82, 2.24) is 10.2 Å². The van der Waals surface area contributed by atoms with Gasteiger partial charge in [-0.25, -0.2) is 14.4 Å². The summed E-state index contributed by atoms with van der Waals surface area (Å²) in [6.07, 6.45) is -1.98. The molecule has 1 heterocycles. The van der Waals surface area contributed by atoms with Crippen molar-refractivity contribution in [2.75, 3.05) is 6.54 Å². The minimum absolute atomic E-state index is 0.0286. The molecular weight excluding hydrogens is 256 g/mol. The van der Waals surface area contributed by atoms with Crippen molar-refractivity contribution < 1.29 is 29.3 Å². The second-order valence-electron chi connectivity index (χ2n) is 5.37. The summed E-state index contributed by atoms with van der Waals surface area (Å²) in [5.41, 5.74) is -0.665. The van der Waals surface area contributed by atoms with Gasteiger partial charge in [0.05, 0.1) is 6.04 Å². The van der Waals surface area contributed by atoms with Crippen molar-refractivity contribution in [3.8, 4) is 0 Å². The number of alkyl carbamates (subject to hydrolysis) is 1. The van der Waals surface area contributed by atoms with Crippen molar-refractivity contribution in [3.05, 3.63) is 0 Å². The highest BCUT2D eigenvalue weighted by Gasteiger charge is 2.40. The average Bonchev–Trinajstić information content (AvgIpc) is 2.58. The lowest BCUT2D eigenvalue weighted by Gasteiger charge is -2.21. The first-order valence-electron chi connectivity index (χ1n) is 5.82. The standard InChI is InChI=1S/C11H18N2O6/c1-11(2,3)19-9(16)12-6-4-7(8(14)15)13(5-6)10(17)18/h6-7H,4-5H2,1-3H3,(H,12,16)(H,14,15)(H,17,18)/t6-,7+/m1/s1. The topological polar surface area (TPSA) is 116 Å². The van der Waals surface area contributed by atoms with E-state index in [4.69, 9.17) is 14.9 Å². The number of hydrogen-bond acceptors (Lipinski definition) is 4. The number of carboxylic acids is 1. The molecule has 0 radical (unpaired) electrons. The molecule has 0 spiro atoms. The first kappa shape index (κ1) is 15.1. The smallest absolute Gasteiger partial charge is 0.408 e. The van der Waals surface area contributed by atoms with Crippen LogP contribution in [0.5, 0.6) is 0 Å². The number of carboxylic acid groups (broad SMARTS) is 2. The van der Waals surface area contributed by atoms with Crippen molar-refractivity contribution in [1.29, 1.82) is 0 Å². The van der Waals surface area contributed by atoms with Crippen LogP contribution in [0.3, 0.4) is 0 Å². The van der Waals surface area contributed by atoms with Crippen LogP contribution in [-0.4, -0.2) is 57.5 Å². The molecule has 1 aliphatic rings. The molecule has 0 unspecified atom stereocenters. The Labute approximate surface area is 110 Å². The number of ether oxygens (including phenoxy) is 1. The van der Waals surface area contributed by atoms with E-state index in [1.54, 1.807) is 20.8 Å². The number of nitrogens with zero attached hydrogens (tertiary/aromatic N) is 1. The molecule has 2 atom stereocenters. The fourth-order valence-corrected chi connectivity index (χ4v) is 1.86. The maximum absolute atomic E-state index is 11.5. The van der Waals surface area contributed by atoms with E-state index < -0.39 is 35.8 Å². The third-order valence-corrected chi connectivity index (χ3v) is 2.55. The van der Waals surface area contributed by atoms with Crippen molar-refractivity contribution in [3.63, 3.8) is 0 Å². The molecule has 1 aliphatic heterocycles. The lowest BCUT2D eigenvalue weighted by atomic mass is 10.2. The van der Waals surface area contributed by atoms with E-state index in [2.05, 4.69) is 5.32 Å². The van der Waals surface area contributed by atoms with Gasteiger partial charge in [0, 0.05) is 13.0 Å². The highest BCUT2D eigenvalue weighted by atomic mass is 16.6. The van der Waals surface area contributed by atoms with Gasteiger partial charge >= 0.3 is 18.2 Å². The molecule has 8 nitrogen and oxygen atoms in total. The number of aliphatic carboxylic acids is 1. The lowest BCUT2D eigenvalue weighted by molar-refractivity contribution is -0.141. The second kappa shape index (κ2) is 5.33. The molecule has 108 valence electrons. The van der Waals surface area contributed by atoms with E-state index in [1.807, 2.05) is 0 Å². The van der Waals surface area contributed by atoms with Gasteiger partial charge in [0.1, 0.15) is 11.6 Å². The molecular formula is C11H18N2O6. The first-order chi connectivity index (χ1) is 8.60. The molecule has 0 aliphatic carbocycles. The fraction of sp³-hybridized carbons (Fsp3) is 0.727. The van der Waals surface area contributed by atoms with Gasteiger partial charge in [-0.15, -0.1) is 0 Å². The van der Waals surface area contributed by atoms with Gasteiger partial charge in [0.2, 0.25) is 0 Å². The number of carbonyl (C=O) groups is 3. The minimum atomic E-state index is -1.32. The maximum atomic E-state index is 11.5. The summed E-state index contributed by atoms with van der Waals surface area (Å²) in [5, 5.41) is 20.3. The summed E-state index contributed by atoms with van der Waals surface area (Å²) in [7, 11) is 0. The van der Waals surface area contributed by atoms with Crippen LogP contribution >= 0.6 is 0 Å². The molecule has 8 heteroatoms. The first-order valence-corrected chi connectivity index (χ1v) is 5.82. The molecule has 2 amide bonds. The average molecular weight is 274 g/mol. The van der Waals surface area contributed by atoms with E-state index >= 15 is 0 Å². The molecule has 0 aromatic rings. The Kier molecular flexibility index (Phi) is 4.23. The highest BCUT2D eigenvalue weighted by Crippen LogP contribution is 2.19. The SMILES string of the molecule is CC(C)(C)OC(=O)N[C@@H]1C[C@@H](C(=O)O)N(C(=O)O)C1. The van der Waals surface area contributed by atoms with Gasteiger partial charge in [0.25, 0.3) is 0 Å². The Morgan fingerprint density at radius 1 is 1.26 bits per heavy atom. The number of carbonyl (C=O) groups excluding carboxylic acids is 1. The van der Waals surface area contributed by atoms with Crippen molar-refractivity contribution in [2.45, 2.75) is 44.9 Å². The predicted octanol–water partition coefficient (Wildman–Crippen LogP) is 0.717. The number of hydrogen-bond donors (Lipinski definition) is 3. The molecule has 0 bridgehead atoms. The third kappa shape index (κ3) is 4.31. The summed E-state index contributed by atoms with van der Waals surface area (Å²) in [6, 6.07) is -1.70. The van der Waals surface area contributed by atoms with Gasteiger partial charge in [-0.2, -0.15) is 0 Å². The maximum Gasteiger partial charge on any atom is 0.408 e. The monoisotopic (exact) mass is 274 g/mol. The zero-order valence-corrected chi connectivity index (χ0v) is 11.0. The Balaban J connectivity index is 2.61. The Bertz CT molecular complexity index is 367. The Morgan fingerprint density at radius 3 is 2.21 bits per heavy atom.